The van der Waals surface area contributed by atoms with Gasteiger partial charge in [0.2, 0.25) is 0 Å². The number of aromatic nitrogens is 2. The van der Waals surface area contributed by atoms with Crippen molar-refractivity contribution in [3.05, 3.63) is 35.4 Å². The second-order valence-corrected chi connectivity index (χ2v) is 3.92. The third kappa shape index (κ3) is 1.88. The molecular formula is C12H17N3. The van der Waals surface area contributed by atoms with Crippen molar-refractivity contribution in [1.29, 1.82) is 0 Å². The van der Waals surface area contributed by atoms with Crippen LogP contribution in [0.2, 0.25) is 0 Å². The zero-order valence-corrected chi connectivity index (χ0v) is 9.54. The first kappa shape index (κ1) is 10.2. The van der Waals surface area contributed by atoms with Crippen LogP contribution < -0.4 is 5.32 Å². The lowest BCUT2D eigenvalue weighted by Crippen LogP contribution is -2.10. The third-order valence-corrected chi connectivity index (χ3v) is 2.65. The molecular weight excluding hydrogens is 186 g/mol. The second-order valence-electron chi connectivity index (χ2n) is 3.92. The SMILES string of the molecule is CNCCc1nc(C)n2cc(C)ccc12. The molecule has 0 aliphatic heterocycles. The zero-order valence-electron chi connectivity index (χ0n) is 9.54. The molecule has 2 rings (SSSR count). The van der Waals surface area contributed by atoms with Crippen LogP contribution in [0.25, 0.3) is 5.52 Å². The average Bonchev–Trinajstić information content (AvgIpc) is 2.53. The molecule has 0 saturated carbocycles. The summed E-state index contributed by atoms with van der Waals surface area (Å²) in [7, 11) is 1.97. The first-order valence-corrected chi connectivity index (χ1v) is 5.31. The van der Waals surface area contributed by atoms with E-state index in [1.165, 1.54) is 16.8 Å². The van der Waals surface area contributed by atoms with Crippen LogP contribution in [0.4, 0.5) is 0 Å². The van der Waals surface area contributed by atoms with Crippen LogP contribution in [0.15, 0.2) is 18.3 Å². The molecule has 0 amide bonds. The molecule has 0 aliphatic rings. The van der Waals surface area contributed by atoms with Crippen LogP contribution in [0.1, 0.15) is 17.1 Å². The van der Waals surface area contributed by atoms with Gasteiger partial charge in [-0.15, -0.1) is 0 Å². The first-order chi connectivity index (χ1) is 7.22. The molecule has 0 unspecified atom stereocenters. The van der Waals surface area contributed by atoms with Crippen molar-refractivity contribution in [3.8, 4) is 0 Å². The van der Waals surface area contributed by atoms with Gasteiger partial charge < -0.3 is 9.72 Å². The Kier molecular flexibility index (Phi) is 2.73. The number of hydrogen-bond donors (Lipinski definition) is 1. The summed E-state index contributed by atoms with van der Waals surface area (Å²) in [4.78, 5) is 4.59. The molecule has 0 radical (unpaired) electrons. The molecule has 1 N–H and O–H groups in total. The summed E-state index contributed by atoms with van der Waals surface area (Å²) in [5.41, 5.74) is 3.68. The van der Waals surface area contributed by atoms with E-state index in [1.54, 1.807) is 0 Å². The van der Waals surface area contributed by atoms with E-state index in [-0.39, 0.29) is 0 Å². The number of rotatable bonds is 3. The lowest BCUT2D eigenvalue weighted by Gasteiger charge is -1.99. The molecule has 2 aromatic rings. The predicted molar refractivity (Wildman–Crippen MR) is 62.3 cm³/mol. The number of fused-ring (bicyclic) bond motifs is 1. The Bertz CT molecular complexity index is 471. The molecule has 2 aromatic heterocycles. The Hall–Kier alpha value is -1.35. The van der Waals surface area contributed by atoms with Crippen molar-refractivity contribution in [1.82, 2.24) is 14.7 Å². The van der Waals surface area contributed by atoms with Crippen LogP contribution >= 0.6 is 0 Å². The Morgan fingerprint density at radius 1 is 1.33 bits per heavy atom. The molecule has 0 spiro atoms. The van der Waals surface area contributed by atoms with Gasteiger partial charge in [-0.05, 0) is 32.5 Å². The number of pyridine rings is 1. The van der Waals surface area contributed by atoms with Crippen LogP contribution in [0, 0.1) is 13.8 Å². The first-order valence-electron chi connectivity index (χ1n) is 5.31. The van der Waals surface area contributed by atoms with E-state index in [9.17, 15) is 0 Å². The minimum absolute atomic E-state index is 0.972. The minimum atomic E-state index is 0.972. The zero-order chi connectivity index (χ0) is 10.8. The van der Waals surface area contributed by atoms with Crippen LogP contribution in [0.5, 0.6) is 0 Å². The van der Waals surface area contributed by atoms with Crippen LogP contribution in [0.3, 0.4) is 0 Å². The molecule has 0 fully saturated rings. The summed E-state index contributed by atoms with van der Waals surface area (Å²) in [6, 6.07) is 4.29. The van der Waals surface area contributed by atoms with Gasteiger partial charge in [0, 0.05) is 19.2 Å². The number of imidazole rings is 1. The maximum atomic E-state index is 4.59. The lowest BCUT2D eigenvalue weighted by atomic mass is 10.2. The highest BCUT2D eigenvalue weighted by atomic mass is 15.0. The largest absolute Gasteiger partial charge is 0.319 e. The van der Waals surface area contributed by atoms with Gasteiger partial charge in [-0.3, -0.25) is 0 Å². The molecule has 0 saturated heterocycles. The van der Waals surface area contributed by atoms with Gasteiger partial charge in [0.1, 0.15) is 5.82 Å². The smallest absolute Gasteiger partial charge is 0.110 e. The van der Waals surface area contributed by atoms with Gasteiger partial charge in [0.15, 0.2) is 0 Å². The summed E-state index contributed by atoms with van der Waals surface area (Å²) in [5.74, 6) is 1.07. The highest BCUT2D eigenvalue weighted by Crippen LogP contribution is 2.14. The lowest BCUT2D eigenvalue weighted by molar-refractivity contribution is 0.782. The van der Waals surface area contributed by atoms with E-state index in [4.69, 9.17) is 0 Å². The maximum Gasteiger partial charge on any atom is 0.110 e. The minimum Gasteiger partial charge on any atom is -0.319 e. The van der Waals surface area contributed by atoms with Crippen molar-refractivity contribution < 1.29 is 0 Å². The predicted octanol–water partition coefficient (Wildman–Crippen LogP) is 1.71. The third-order valence-electron chi connectivity index (χ3n) is 2.65. The summed E-state index contributed by atoms with van der Waals surface area (Å²) in [5, 5.41) is 3.15. The van der Waals surface area contributed by atoms with Crippen molar-refractivity contribution in [3.63, 3.8) is 0 Å². The van der Waals surface area contributed by atoms with Gasteiger partial charge in [-0.25, -0.2) is 4.98 Å². The van der Waals surface area contributed by atoms with Gasteiger partial charge in [0.05, 0.1) is 11.2 Å². The van der Waals surface area contributed by atoms with E-state index >= 15 is 0 Å². The highest BCUT2D eigenvalue weighted by molar-refractivity contribution is 5.54. The van der Waals surface area contributed by atoms with Crippen molar-refractivity contribution in [2.75, 3.05) is 13.6 Å². The Balaban J connectivity index is 2.48. The topological polar surface area (TPSA) is 29.3 Å². The Labute approximate surface area is 90.1 Å². The molecule has 0 aliphatic carbocycles. The van der Waals surface area contributed by atoms with Gasteiger partial charge in [0.25, 0.3) is 0 Å². The van der Waals surface area contributed by atoms with E-state index in [2.05, 4.69) is 46.9 Å². The monoisotopic (exact) mass is 203 g/mol. The van der Waals surface area contributed by atoms with E-state index in [0.29, 0.717) is 0 Å². The highest BCUT2D eigenvalue weighted by Gasteiger charge is 2.06. The number of nitrogens with zero attached hydrogens (tertiary/aromatic N) is 2. The van der Waals surface area contributed by atoms with Gasteiger partial charge >= 0.3 is 0 Å². The van der Waals surface area contributed by atoms with Crippen LogP contribution in [-0.4, -0.2) is 23.0 Å². The molecule has 0 atom stereocenters. The molecule has 80 valence electrons. The van der Waals surface area contributed by atoms with E-state index in [0.717, 1.165) is 18.8 Å². The van der Waals surface area contributed by atoms with E-state index < -0.39 is 0 Å². The van der Waals surface area contributed by atoms with Crippen molar-refractivity contribution in [2.45, 2.75) is 20.3 Å². The number of hydrogen-bond acceptors (Lipinski definition) is 2. The molecule has 3 heteroatoms. The second kappa shape index (κ2) is 4.03. The number of aryl methyl sites for hydroxylation is 2. The Morgan fingerprint density at radius 2 is 2.13 bits per heavy atom. The summed E-state index contributed by atoms with van der Waals surface area (Å²) >= 11 is 0. The molecule has 0 bridgehead atoms. The standard InChI is InChI=1S/C12H17N3/c1-9-4-5-12-11(6-7-13-3)14-10(2)15(12)8-9/h4-5,8,13H,6-7H2,1-3H3. The fourth-order valence-electron chi connectivity index (χ4n) is 1.84. The maximum absolute atomic E-state index is 4.59. The summed E-state index contributed by atoms with van der Waals surface area (Å²) in [6.07, 6.45) is 3.12. The number of likely N-dealkylation sites (N-methyl/N-ethyl adjacent to an activating group) is 1. The molecule has 2 heterocycles. The van der Waals surface area contributed by atoms with Crippen molar-refractivity contribution >= 4 is 5.52 Å². The molecule has 3 nitrogen and oxygen atoms in total. The normalized spacial score (nSPS) is 11.1. The Morgan fingerprint density at radius 3 is 2.87 bits per heavy atom. The fourth-order valence-corrected chi connectivity index (χ4v) is 1.84. The van der Waals surface area contributed by atoms with E-state index in [1.807, 2.05) is 7.05 Å². The fraction of sp³-hybridized carbons (Fsp3) is 0.417. The average molecular weight is 203 g/mol. The summed E-state index contributed by atoms with van der Waals surface area (Å²) < 4.78 is 2.17. The van der Waals surface area contributed by atoms with Gasteiger partial charge in [-0.1, -0.05) is 6.07 Å². The summed E-state index contributed by atoms with van der Waals surface area (Å²) in [6.45, 7) is 5.13. The molecule has 15 heavy (non-hydrogen) atoms. The number of nitrogens with one attached hydrogen (secondary N) is 1. The van der Waals surface area contributed by atoms with Crippen molar-refractivity contribution in [2.24, 2.45) is 0 Å². The quantitative estimate of drug-likeness (QED) is 0.823. The molecule has 0 aromatic carbocycles. The van der Waals surface area contributed by atoms with Crippen LogP contribution in [-0.2, 0) is 6.42 Å². The van der Waals surface area contributed by atoms with Gasteiger partial charge in [-0.2, -0.15) is 0 Å².